The molecule has 3 unspecified atom stereocenters. The highest BCUT2D eigenvalue weighted by Crippen LogP contribution is 2.19. The molecule has 0 bridgehead atoms. The summed E-state index contributed by atoms with van der Waals surface area (Å²) in [6.07, 6.45) is 2.89. The second-order valence-electron chi connectivity index (χ2n) is 5.65. The monoisotopic (exact) mass is 272 g/mol. The van der Waals surface area contributed by atoms with Gasteiger partial charge in [-0.3, -0.25) is 4.79 Å². The number of esters is 1. The maximum absolute atomic E-state index is 11.7. The van der Waals surface area contributed by atoms with Crippen molar-refractivity contribution in [3.63, 3.8) is 0 Å². The average molecular weight is 272 g/mol. The van der Waals surface area contributed by atoms with Gasteiger partial charge in [0.25, 0.3) is 0 Å². The third kappa shape index (κ3) is 4.75. The molecule has 1 aliphatic rings. The first-order chi connectivity index (χ1) is 8.88. The summed E-state index contributed by atoms with van der Waals surface area (Å²) in [5.74, 6) is -0.310. The van der Waals surface area contributed by atoms with Crippen LogP contribution in [0.25, 0.3) is 0 Å². The van der Waals surface area contributed by atoms with Crippen LogP contribution in [0, 0.1) is 0 Å². The van der Waals surface area contributed by atoms with E-state index in [1.165, 1.54) is 0 Å². The van der Waals surface area contributed by atoms with Crippen LogP contribution in [-0.4, -0.2) is 55.4 Å². The molecular weight excluding hydrogens is 244 g/mol. The Morgan fingerprint density at radius 3 is 2.79 bits per heavy atom. The highest BCUT2D eigenvalue weighted by atomic mass is 16.5. The minimum atomic E-state index is -0.880. The molecule has 1 rings (SSSR count). The zero-order valence-corrected chi connectivity index (χ0v) is 12.6. The first kappa shape index (κ1) is 16.4. The van der Waals surface area contributed by atoms with Gasteiger partial charge >= 0.3 is 5.97 Å². The van der Waals surface area contributed by atoms with E-state index in [-0.39, 0.29) is 5.97 Å². The van der Waals surface area contributed by atoms with Gasteiger partial charge in [0.1, 0.15) is 5.54 Å². The summed E-state index contributed by atoms with van der Waals surface area (Å²) in [5, 5.41) is 0. The van der Waals surface area contributed by atoms with Crippen LogP contribution in [0.2, 0.25) is 0 Å². The van der Waals surface area contributed by atoms with E-state index in [2.05, 4.69) is 18.9 Å². The molecule has 0 saturated carbocycles. The van der Waals surface area contributed by atoms with E-state index in [4.69, 9.17) is 15.2 Å². The van der Waals surface area contributed by atoms with Crippen molar-refractivity contribution in [3.8, 4) is 0 Å². The highest BCUT2D eigenvalue weighted by molar-refractivity contribution is 5.79. The number of hydrogen-bond acceptors (Lipinski definition) is 5. The molecule has 2 N–H and O–H groups in total. The number of nitrogens with zero attached hydrogens (tertiary/aromatic N) is 1. The average Bonchev–Trinajstić information content (AvgIpc) is 2.75. The summed E-state index contributed by atoms with van der Waals surface area (Å²) in [6, 6.07) is 0.478. The topological polar surface area (TPSA) is 64.8 Å². The summed E-state index contributed by atoms with van der Waals surface area (Å²) in [5.41, 5.74) is 5.12. The number of carbonyl (C=O) groups excluding carboxylic acids is 1. The molecule has 0 aromatic rings. The lowest BCUT2D eigenvalue weighted by molar-refractivity contribution is -0.149. The van der Waals surface area contributed by atoms with E-state index in [0.717, 1.165) is 26.0 Å². The van der Waals surface area contributed by atoms with Crippen LogP contribution >= 0.6 is 0 Å². The van der Waals surface area contributed by atoms with Crippen LogP contribution in [-0.2, 0) is 14.3 Å². The lowest BCUT2D eigenvalue weighted by Crippen LogP contribution is -2.47. The molecule has 19 heavy (non-hydrogen) atoms. The molecule has 0 spiro atoms. The number of carbonyl (C=O) groups is 1. The van der Waals surface area contributed by atoms with Crippen LogP contribution < -0.4 is 5.73 Å². The Balaban J connectivity index is 2.31. The van der Waals surface area contributed by atoms with Gasteiger partial charge in [0, 0.05) is 12.6 Å². The number of likely N-dealkylation sites (N-methyl/N-ethyl adjacent to an activating group) is 1. The molecule has 1 fully saturated rings. The summed E-state index contributed by atoms with van der Waals surface area (Å²) >= 11 is 0. The molecule has 5 nitrogen and oxygen atoms in total. The second-order valence-corrected chi connectivity index (χ2v) is 5.65. The Labute approximate surface area is 116 Å². The summed E-state index contributed by atoms with van der Waals surface area (Å²) in [4.78, 5) is 14.0. The second kappa shape index (κ2) is 7.22. The van der Waals surface area contributed by atoms with Crippen LogP contribution in [0.1, 0.15) is 40.0 Å². The van der Waals surface area contributed by atoms with Crippen molar-refractivity contribution < 1.29 is 14.3 Å². The molecule has 5 heteroatoms. The molecule has 3 atom stereocenters. The van der Waals surface area contributed by atoms with E-state index < -0.39 is 5.54 Å². The zero-order chi connectivity index (χ0) is 14.5. The van der Waals surface area contributed by atoms with E-state index in [1.54, 1.807) is 13.8 Å². The maximum Gasteiger partial charge on any atom is 0.325 e. The fourth-order valence-electron chi connectivity index (χ4n) is 2.56. The molecule has 1 aliphatic heterocycles. The molecule has 0 aliphatic carbocycles. The van der Waals surface area contributed by atoms with Gasteiger partial charge in [0.05, 0.1) is 12.7 Å². The predicted octanol–water partition coefficient (Wildman–Crippen LogP) is 1.16. The Bertz CT molecular complexity index is 294. The van der Waals surface area contributed by atoms with Crippen LogP contribution in [0.5, 0.6) is 0 Å². The molecule has 1 saturated heterocycles. The zero-order valence-electron chi connectivity index (χ0n) is 12.6. The van der Waals surface area contributed by atoms with Crippen molar-refractivity contribution in [3.05, 3.63) is 0 Å². The lowest BCUT2D eigenvalue weighted by atomic mass is 9.97. The maximum atomic E-state index is 11.7. The minimum absolute atomic E-state index is 0.291. The van der Waals surface area contributed by atoms with E-state index >= 15 is 0 Å². The smallest absolute Gasteiger partial charge is 0.325 e. The van der Waals surface area contributed by atoms with Gasteiger partial charge in [-0.2, -0.15) is 0 Å². The molecule has 0 aromatic carbocycles. The van der Waals surface area contributed by atoms with Gasteiger partial charge in [-0.1, -0.05) is 0 Å². The summed E-state index contributed by atoms with van der Waals surface area (Å²) in [7, 11) is 2.11. The van der Waals surface area contributed by atoms with Gasteiger partial charge in [0.2, 0.25) is 0 Å². The number of nitrogens with two attached hydrogens (primary N) is 1. The van der Waals surface area contributed by atoms with Crippen LogP contribution in [0.3, 0.4) is 0 Å². The first-order valence-electron chi connectivity index (χ1n) is 7.16. The SMILES string of the molecule is CCOC(=O)C(C)(N)CCCN(C)C1CCOC1C. The van der Waals surface area contributed by atoms with Crippen LogP contribution in [0.15, 0.2) is 0 Å². The quantitative estimate of drug-likeness (QED) is 0.704. The molecule has 0 radical (unpaired) electrons. The van der Waals surface area contributed by atoms with Crippen molar-refractivity contribution in [1.29, 1.82) is 0 Å². The van der Waals surface area contributed by atoms with Gasteiger partial charge < -0.3 is 20.1 Å². The van der Waals surface area contributed by atoms with Gasteiger partial charge in [-0.25, -0.2) is 0 Å². The number of ether oxygens (including phenoxy) is 2. The molecule has 0 amide bonds. The fraction of sp³-hybridized carbons (Fsp3) is 0.929. The van der Waals surface area contributed by atoms with Gasteiger partial charge in [-0.15, -0.1) is 0 Å². The van der Waals surface area contributed by atoms with Crippen molar-refractivity contribution in [2.45, 2.75) is 57.7 Å². The minimum Gasteiger partial charge on any atom is -0.465 e. The number of hydrogen-bond donors (Lipinski definition) is 1. The largest absolute Gasteiger partial charge is 0.465 e. The fourth-order valence-corrected chi connectivity index (χ4v) is 2.56. The van der Waals surface area contributed by atoms with Crippen molar-refractivity contribution in [2.24, 2.45) is 5.73 Å². The predicted molar refractivity (Wildman–Crippen MR) is 74.9 cm³/mol. The third-order valence-corrected chi connectivity index (χ3v) is 3.85. The normalized spacial score (nSPS) is 26.4. The highest BCUT2D eigenvalue weighted by Gasteiger charge is 2.31. The Hall–Kier alpha value is -0.650. The Morgan fingerprint density at radius 2 is 2.26 bits per heavy atom. The van der Waals surface area contributed by atoms with Crippen molar-refractivity contribution in [2.75, 3.05) is 26.8 Å². The van der Waals surface area contributed by atoms with E-state index in [1.807, 2.05) is 0 Å². The van der Waals surface area contributed by atoms with Gasteiger partial charge in [0.15, 0.2) is 0 Å². The Morgan fingerprint density at radius 1 is 1.58 bits per heavy atom. The third-order valence-electron chi connectivity index (χ3n) is 3.85. The van der Waals surface area contributed by atoms with E-state index in [0.29, 0.717) is 25.2 Å². The lowest BCUT2D eigenvalue weighted by Gasteiger charge is -2.28. The Kier molecular flexibility index (Phi) is 6.23. The van der Waals surface area contributed by atoms with Crippen LogP contribution in [0.4, 0.5) is 0 Å². The molecule has 0 aromatic heterocycles. The number of rotatable bonds is 7. The van der Waals surface area contributed by atoms with Gasteiger partial charge in [-0.05, 0) is 53.6 Å². The molecule has 1 heterocycles. The molecule has 112 valence electrons. The summed E-state index contributed by atoms with van der Waals surface area (Å²) < 4.78 is 10.5. The summed E-state index contributed by atoms with van der Waals surface area (Å²) in [6.45, 7) is 7.79. The molecular formula is C14H28N2O3. The van der Waals surface area contributed by atoms with Crippen molar-refractivity contribution >= 4 is 5.97 Å². The first-order valence-corrected chi connectivity index (χ1v) is 7.16. The van der Waals surface area contributed by atoms with E-state index in [9.17, 15) is 4.79 Å². The standard InChI is InChI=1S/C14H28N2O3/c1-5-18-13(17)14(3,15)8-6-9-16(4)12-7-10-19-11(12)2/h11-12H,5-10,15H2,1-4H3. The van der Waals surface area contributed by atoms with Crippen molar-refractivity contribution in [1.82, 2.24) is 4.90 Å².